The van der Waals surface area contributed by atoms with E-state index < -0.39 is 0 Å². The van der Waals surface area contributed by atoms with Crippen molar-refractivity contribution in [2.24, 2.45) is 5.41 Å². The summed E-state index contributed by atoms with van der Waals surface area (Å²) in [6, 6.07) is 2.05. The number of benzene rings is 1. The van der Waals surface area contributed by atoms with Gasteiger partial charge in [0.1, 0.15) is 24.0 Å². The van der Waals surface area contributed by atoms with E-state index in [0.717, 1.165) is 32.2 Å². The summed E-state index contributed by atoms with van der Waals surface area (Å²) in [6.45, 7) is 3.58. The third kappa shape index (κ3) is 5.15. The quantitative estimate of drug-likeness (QED) is 0.246. The second-order valence-corrected chi connectivity index (χ2v) is 9.54. The predicted octanol–water partition coefficient (Wildman–Crippen LogP) is 6.03. The zero-order chi connectivity index (χ0) is 21.7. The van der Waals surface area contributed by atoms with Crippen LogP contribution >= 0.6 is 23.2 Å². The number of allylic oxidation sites excluding steroid dienone is 2. The van der Waals surface area contributed by atoms with Crippen LogP contribution in [0.1, 0.15) is 62.5 Å². The van der Waals surface area contributed by atoms with Gasteiger partial charge in [0.25, 0.3) is 0 Å². The Morgan fingerprint density at radius 2 is 2.07 bits per heavy atom. The molecule has 0 bridgehead atoms. The molecule has 0 aliphatic heterocycles. The summed E-state index contributed by atoms with van der Waals surface area (Å²) in [5.41, 5.74) is 2.66. The first-order valence-electron chi connectivity index (χ1n) is 11.0. The van der Waals surface area contributed by atoms with Crippen molar-refractivity contribution in [2.45, 2.75) is 57.8 Å². The highest BCUT2D eigenvalue weighted by molar-refractivity contribution is 6.43. The molecule has 4 nitrogen and oxygen atoms in total. The molecular formula is C24H33Cl2NO3. The Morgan fingerprint density at radius 3 is 2.80 bits per heavy atom. The van der Waals surface area contributed by atoms with Gasteiger partial charge >= 0.3 is 5.97 Å². The molecule has 0 radical (unpaired) electrons. The highest BCUT2D eigenvalue weighted by Gasteiger charge is 2.46. The molecular weight excluding hydrogens is 421 g/mol. The summed E-state index contributed by atoms with van der Waals surface area (Å²) < 4.78 is 11.1. The van der Waals surface area contributed by atoms with Gasteiger partial charge in [-0.25, -0.2) is 0 Å². The first kappa shape index (κ1) is 23.4. The minimum Gasteiger partial charge on any atom is -0.488 e. The summed E-state index contributed by atoms with van der Waals surface area (Å²) in [5.74, 6) is 0.720. The van der Waals surface area contributed by atoms with Crippen LogP contribution in [0.2, 0.25) is 10.0 Å². The molecule has 166 valence electrons. The van der Waals surface area contributed by atoms with Crippen molar-refractivity contribution in [1.82, 2.24) is 4.90 Å². The Bertz CT molecular complexity index is 793. The molecule has 0 aromatic heterocycles. The van der Waals surface area contributed by atoms with Crippen molar-refractivity contribution in [1.29, 1.82) is 0 Å². The molecule has 1 aromatic rings. The number of carbonyl (C=O) groups is 1. The van der Waals surface area contributed by atoms with Crippen molar-refractivity contribution in [3.05, 3.63) is 39.4 Å². The zero-order valence-electron chi connectivity index (χ0n) is 18.3. The van der Waals surface area contributed by atoms with Crippen molar-refractivity contribution in [2.75, 3.05) is 33.9 Å². The second-order valence-electron chi connectivity index (χ2n) is 8.78. The molecule has 0 N–H and O–H groups in total. The lowest BCUT2D eigenvalue weighted by molar-refractivity contribution is -0.144. The van der Waals surface area contributed by atoms with Crippen LogP contribution in [0.25, 0.3) is 0 Å². The number of hydrogen-bond acceptors (Lipinski definition) is 4. The average Bonchev–Trinajstić information content (AvgIpc) is 3.02. The number of esters is 1. The van der Waals surface area contributed by atoms with Crippen molar-refractivity contribution < 1.29 is 14.3 Å². The third-order valence-corrected chi connectivity index (χ3v) is 7.15. The molecule has 1 aromatic carbocycles. The maximum atomic E-state index is 11.8. The standard InChI is InChI=1S/C24H33Cl2NO3/c1-4-10-24-11-6-5-8-18(24)21-17(16-24)15-19(22(25)23(21)26)29-13-14-30-20(28)9-7-12-27(2)3/h5,8,15,18H,4,6-7,9-14,16H2,1-3H3. The molecule has 0 saturated carbocycles. The molecule has 30 heavy (non-hydrogen) atoms. The number of hydrogen-bond donors (Lipinski definition) is 0. The van der Waals surface area contributed by atoms with Crippen LogP contribution in [0.3, 0.4) is 0 Å². The number of rotatable bonds is 10. The molecule has 2 aliphatic rings. The van der Waals surface area contributed by atoms with E-state index in [4.69, 9.17) is 32.7 Å². The monoisotopic (exact) mass is 453 g/mol. The predicted molar refractivity (Wildman–Crippen MR) is 123 cm³/mol. The van der Waals surface area contributed by atoms with Crippen molar-refractivity contribution in [3.8, 4) is 5.75 Å². The summed E-state index contributed by atoms with van der Waals surface area (Å²) in [5, 5.41) is 1.07. The second kappa shape index (κ2) is 10.4. The van der Waals surface area contributed by atoms with Gasteiger partial charge in [0.2, 0.25) is 0 Å². The number of nitrogens with zero attached hydrogens (tertiary/aromatic N) is 1. The Morgan fingerprint density at radius 1 is 1.27 bits per heavy atom. The van der Waals surface area contributed by atoms with E-state index in [-0.39, 0.29) is 24.6 Å². The Balaban J connectivity index is 1.62. The summed E-state index contributed by atoms with van der Waals surface area (Å²) in [4.78, 5) is 13.8. The minimum atomic E-state index is -0.198. The van der Waals surface area contributed by atoms with E-state index in [1.54, 1.807) is 0 Å². The molecule has 2 unspecified atom stereocenters. The largest absolute Gasteiger partial charge is 0.488 e. The molecule has 0 fully saturated rings. The molecule has 0 spiro atoms. The SMILES string of the molecule is CCCC12CCC=CC1c1c(cc(OCCOC(=O)CCCN(C)C)c(Cl)c1Cl)C2. The van der Waals surface area contributed by atoms with Gasteiger partial charge in [-0.05, 0) is 75.4 Å². The van der Waals surface area contributed by atoms with Gasteiger partial charge in [-0.2, -0.15) is 0 Å². The van der Waals surface area contributed by atoms with Crippen LogP contribution in [0, 0.1) is 5.41 Å². The fourth-order valence-electron chi connectivity index (χ4n) is 4.98. The van der Waals surface area contributed by atoms with Crippen molar-refractivity contribution in [3.63, 3.8) is 0 Å². The fraction of sp³-hybridized carbons (Fsp3) is 0.625. The number of fused-ring (bicyclic) bond motifs is 3. The Labute approximate surface area is 190 Å². The first-order valence-corrected chi connectivity index (χ1v) is 11.7. The lowest BCUT2D eigenvalue weighted by Crippen LogP contribution is -2.27. The van der Waals surface area contributed by atoms with E-state index in [0.29, 0.717) is 28.1 Å². The highest BCUT2D eigenvalue weighted by Crippen LogP contribution is 2.59. The average molecular weight is 454 g/mol. The maximum absolute atomic E-state index is 11.8. The smallest absolute Gasteiger partial charge is 0.305 e. The molecule has 0 heterocycles. The van der Waals surface area contributed by atoms with Crippen LogP contribution in [0.4, 0.5) is 0 Å². The van der Waals surface area contributed by atoms with Gasteiger partial charge in [-0.15, -0.1) is 0 Å². The molecule has 0 saturated heterocycles. The van der Waals surface area contributed by atoms with Gasteiger partial charge in [-0.1, -0.05) is 48.7 Å². The van der Waals surface area contributed by atoms with Gasteiger partial charge in [-0.3, -0.25) is 4.79 Å². The summed E-state index contributed by atoms with van der Waals surface area (Å²) in [7, 11) is 3.97. The van der Waals surface area contributed by atoms with Crippen LogP contribution in [0.15, 0.2) is 18.2 Å². The van der Waals surface area contributed by atoms with E-state index >= 15 is 0 Å². The highest BCUT2D eigenvalue weighted by atomic mass is 35.5. The normalized spacial score (nSPS) is 22.1. The molecule has 2 atom stereocenters. The van der Waals surface area contributed by atoms with E-state index in [1.807, 2.05) is 25.1 Å². The summed E-state index contributed by atoms with van der Waals surface area (Å²) >= 11 is 13.3. The molecule has 6 heteroatoms. The van der Waals surface area contributed by atoms with Gasteiger partial charge in [0.15, 0.2) is 0 Å². The van der Waals surface area contributed by atoms with Crippen LogP contribution < -0.4 is 4.74 Å². The lowest BCUT2D eigenvalue weighted by atomic mass is 9.67. The first-order chi connectivity index (χ1) is 14.4. The number of carbonyl (C=O) groups excluding carboxylic acids is 1. The summed E-state index contributed by atoms with van der Waals surface area (Å²) in [6.07, 6.45) is 11.5. The van der Waals surface area contributed by atoms with Crippen LogP contribution in [-0.4, -0.2) is 44.7 Å². The van der Waals surface area contributed by atoms with E-state index in [9.17, 15) is 4.79 Å². The molecule has 2 aliphatic carbocycles. The lowest BCUT2D eigenvalue weighted by Gasteiger charge is -2.37. The van der Waals surface area contributed by atoms with Gasteiger partial charge in [0.05, 0.1) is 5.02 Å². The van der Waals surface area contributed by atoms with Crippen LogP contribution in [-0.2, 0) is 16.0 Å². The number of halogens is 2. The zero-order valence-corrected chi connectivity index (χ0v) is 19.8. The minimum absolute atomic E-state index is 0.198. The fourth-order valence-corrected chi connectivity index (χ4v) is 5.53. The van der Waals surface area contributed by atoms with Gasteiger partial charge < -0.3 is 14.4 Å². The molecule has 0 amide bonds. The molecule has 3 rings (SSSR count). The van der Waals surface area contributed by atoms with E-state index in [2.05, 4.69) is 19.1 Å². The van der Waals surface area contributed by atoms with Gasteiger partial charge in [0, 0.05) is 12.3 Å². The van der Waals surface area contributed by atoms with E-state index in [1.165, 1.54) is 24.0 Å². The van der Waals surface area contributed by atoms with Crippen molar-refractivity contribution >= 4 is 29.2 Å². The van der Waals surface area contributed by atoms with Crippen LogP contribution in [0.5, 0.6) is 5.75 Å². The number of ether oxygens (including phenoxy) is 2. The topological polar surface area (TPSA) is 38.8 Å². The Hall–Kier alpha value is -1.23. The maximum Gasteiger partial charge on any atom is 0.305 e. The third-order valence-electron chi connectivity index (χ3n) is 6.29. The Kier molecular flexibility index (Phi) is 8.11.